The van der Waals surface area contributed by atoms with Gasteiger partial charge in [0.25, 0.3) is 0 Å². The second-order valence-corrected chi connectivity index (χ2v) is 4.30. The summed E-state index contributed by atoms with van der Waals surface area (Å²) in [5, 5.41) is 0. The highest BCUT2D eigenvalue weighted by molar-refractivity contribution is 5.87. The number of oxazole rings is 1. The first-order chi connectivity index (χ1) is 7.47. The van der Waals surface area contributed by atoms with Crippen molar-refractivity contribution in [1.29, 1.82) is 0 Å². The molecule has 0 N–H and O–H groups in total. The molecule has 0 saturated heterocycles. The van der Waals surface area contributed by atoms with Gasteiger partial charge in [-0.3, -0.25) is 0 Å². The van der Waals surface area contributed by atoms with E-state index >= 15 is 0 Å². The van der Waals surface area contributed by atoms with E-state index in [9.17, 15) is 4.79 Å². The van der Waals surface area contributed by atoms with Gasteiger partial charge in [0.1, 0.15) is 0 Å². The zero-order valence-corrected chi connectivity index (χ0v) is 10.5. The summed E-state index contributed by atoms with van der Waals surface area (Å²) < 4.78 is 10.4. The van der Waals surface area contributed by atoms with Gasteiger partial charge in [0, 0.05) is 5.92 Å². The Morgan fingerprint density at radius 3 is 2.38 bits per heavy atom. The molecule has 90 valence electrons. The summed E-state index contributed by atoms with van der Waals surface area (Å²) in [4.78, 5) is 16.0. The van der Waals surface area contributed by atoms with Gasteiger partial charge >= 0.3 is 5.97 Å². The molecule has 0 saturated carbocycles. The Hall–Kier alpha value is -1.32. The van der Waals surface area contributed by atoms with Crippen LogP contribution in [-0.4, -0.2) is 17.6 Å². The molecule has 0 aliphatic rings. The molecule has 0 fully saturated rings. The average Bonchev–Trinajstić information content (AvgIpc) is 2.62. The van der Waals surface area contributed by atoms with Crippen molar-refractivity contribution in [2.24, 2.45) is 0 Å². The minimum Gasteiger partial charge on any atom is -0.460 e. The summed E-state index contributed by atoms with van der Waals surface area (Å²) >= 11 is 0. The normalized spacial score (nSPS) is 11.2. The van der Waals surface area contributed by atoms with Crippen LogP contribution < -0.4 is 0 Å². The molecule has 0 bridgehead atoms. The van der Waals surface area contributed by atoms with E-state index in [0.29, 0.717) is 18.2 Å². The van der Waals surface area contributed by atoms with E-state index in [-0.39, 0.29) is 17.6 Å². The molecule has 1 heterocycles. The number of ether oxygens (including phenoxy) is 1. The van der Waals surface area contributed by atoms with Gasteiger partial charge in [0.15, 0.2) is 5.89 Å². The van der Waals surface area contributed by atoms with Gasteiger partial charge in [-0.05, 0) is 12.8 Å². The van der Waals surface area contributed by atoms with Crippen LogP contribution >= 0.6 is 0 Å². The molecule has 4 heteroatoms. The van der Waals surface area contributed by atoms with Crippen LogP contribution in [-0.2, 0) is 4.74 Å². The third-order valence-electron chi connectivity index (χ3n) is 2.17. The Labute approximate surface area is 96.0 Å². The highest BCUT2D eigenvalue weighted by Gasteiger charge is 2.24. The zero-order chi connectivity index (χ0) is 12.3. The van der Waals surface area contributed by atoms with E-state index in [1.165, 1.54) is 0 Å². The largest absolute Gasteiger partial charge is 0.460 e. The van der Waals surface area contributed by atoms with Crippen LogP contribution in [0.25, 0.3) is 0 Å². The molecule has 4 nitrogen and oxygen atoms in total. The van der Waals surface area contributed by atoms with Crippen molar-refractivity contribution < 1.29 is 13.9 Å². The molecule has 0 spiro atoms. The predicted molar refractivity (Wildman–Crippen MR) is 60.6 cm³/mol. The quantitative estimate of drug-likeness (QED) is 0.739. The van der Waals surface area contributed by atoms with Crippen molar-refractivity contribution in [2.75, 3.05) is 6.61 Å². The molecular weight excluding hydrogens is 206 g/mol. The van der Waals surface area contributed by atoms with Gasteiger partial charge in [0.05, 0.1) is 12.3 Å². The first-order valence-corrected chi connectivity index (χ1v) is 5.65. The lowest BCUT2D eigenvalue weighted by Crippen LogP contribution is -2.07. The molecule has 1 aromatic rings. The van der Waals surface area contributed by atoms with Crippen molar-refractivity contribution >= 4 is 5.97 Å². The highest BCUT2D eigenvalue weighted by atomic mass is 16.5. The number of aromatic nitrogens is 1. The van der Waals surface area contributed by atoms with E-state index in [2.05, 4.69) is 4.98 Å². The predicted octanol–water partition coefficient (Wildman–Crippen LogP) is 3.10. The second-order valence-electron chi connectivity index (χ2n) is 4.30. The maximum Gasteiger partial charge on any atom is 0.376 e. The smallest absolute Gasteiger partial charge is 0.376 e. The number of hydrogen-bond acceptors (Lipinski definition) is 4. The average molecular weight is 225 g/mol. The summed E-state index contributed by atoms with van der Waals surface area (Å²) in [6, 6.07) is 0. The minimum absolute atomic E-state index is 0.149. The molecule has 1 aromatic heterocycles. The monoisotopic (exact) mass is 225 g/mol. The van der Waals surface area contributed by atoms with Gasteiger partial charge in [-0.1, -0.05) is 27.7 Å². The molecule has 0 aromatic carbocycles. The number of carbonyl (C=O) groups excluding carboxylic acids is 1. The maximum atomic E-state index is 11.6. The third-order valence-corrected chi connectivity index (χ3v) is 2.17. The van der Waals surface area contributed by atoms with Crippen LogP contribution in [0.4, 0.5) is 0 Å². The zero-order valence-electron chi connectivity index (χ0n) is 10.5. The number of hydrogen-bond donors (Lipinski definition) is 0. The Kier molecular flexibility index (Phi) is 4.10. The lowest BCUT2D eigenvalue weighted by atomic mass is 10.1. The van der Waals surface area contributed by atoms with Crippen LogP contribution in [0.3, 0.4) is 0 Å². The molecule has 0 aliphatic heterocycles. The van der Waals surface area contributed by atoms with Crippen LogP contribution in [0.15, 0.2) is 4.42 Å². The van der Waals surface area contributed by atoms with Crippen molar-refractivity contribution in [1.82, 2.24) is 4.98 Å². The SMILES string of the molecule is CCOC(=O)c1oc(C(C)C)nc1C(C)C. The van der Waals surface area contributed by atoms with Gasteiger partial charge in [-0.15, -0.1) is 0 Å². The van der Waals surface area contributed by atoms with Gasteiger partial charge in [-0.25, -0.2) is 9.78 Å². The number of nitrogens with zero attached hydrogens (tertiary/aromatic N) is 1. The Bertz CT molecular complexity index is 366. The lowest BCUT2D eigenvalue weighted by molar-refractivity contribution is 0.0485. The molecular formula is C12H19NO3. The van der Waals surface area contributed by atoms with Crippen molar-refractivity contribution in [3.8, 4) is 0 Å². The first kappa shape index (κ1) is 12.7. The molecule has 0 atom stereocenters. The van der Waals surface area contributed by atoms with Crippen LogP contribution in [0.5, 0.6) is 0 Å². The molecule has 0 amide bonds. The lowest BCUT2D eigenvalue weighted by Gasteiger charge is -2.02. The number of carbonyl (C=O) groups is 1. The van der Waals surface area contributed by atoms with Gasteiger partial charge in [0.2, 0.25) is 5.76 Å². The first-order valence-electron chi connectivity index (χ1n) is 5.65. The van der Waals surface area contributed by atoms with E-state index in [1.54, 1.807) is 6.92 Å². The van der Waals surface area contributed by atoms with Crippen molar-refractivity contribution in [2.45, 2.75) is 46.5 Å². The van der Waals surface area contributed by atoms with Gasteiger partial charge < -0.3 is 9.15 Å². The van der Waals surface area contributed by atoms with Crippen molar-refractivity contribution in [3.05, 3.63) is 17.3 Å². The van der Waals surface area contributed by atoms with Crippen molar-refractivity contribution in [3.63, 3.8) is 0 Å². The fourth-order valence-electron chi connectivity index (χ4n) is 1.33. The molecule has 0 radical (unpaired) electrons. The Balaban J connectivity index is 3.10. The summed E-state index contributed by atoms with van der Waals surface area (Å²) in [7, 11) is 0. The second kappa shape index (κ2) is 5.14. The molecule has 1 rings (SSSR count). The third kappa shape index (κ3) is 2.62. The molecule has 0 aliphatic carbocycles. The minimum atomic E-state index is -0.425. The van der Waals surface area contributed by atoms with Crippen LogP contribution in [0.2, 0.25) is 0 Å². The summed E-state index contributed by atoms with van der Waals surface area (Å²) in [5.41, 5.74) is 0.683. The van der Waals surface area contributed by atoms with E-state index < -0.39 is 5.97 Å². The Morgan fingerprint density at radius 2 is 1.94 bits per heavy atom. The topological polar surface area (TPSA) is 52.3 Å². The fourth-order valence-corrected chi connectivity index (χ4v) is 1.33. The fraction of sp³-hybridized carbons (Fsp3) is 0.667. The van der Waals surface area contributed by atoms with Crippen LogP contribution in [0, 0.1) is 0 Å². The van der Waals surface area contributed by atoms with E-state index in [0.717, 1.165) is 0 Å². The van der Waals surface area contributed by atoms with Crippen LogP contribution in [0.1, 0.15) is 68.6 Å². The summed E-state index contributed by atoms with van der Waals surface area (Å²) in [5.74, 6) is 0.731. The maximum absolute atomic E-state index is 11.6. The van der Waals surface area contributed by atoms with E-state index in [4.69, 9.17) is 9.15 Å². The van der Waals surface area contributed by atoms with E-state index in [1.807, 2.05) is 27.7 Å². The number of esters is 1. The summed E-state index contributed by atoms with van der Waals surface area (Å²) in [6.45, 7) is 10.0. The molecule has 16 heavy (non-hydrogen) atoms. The highest BCUT2D eigenvalue weighted by Crippen LogP contribution is 2.24. The van der Waals surface area contributed by atoms with Gasteiger partial charge in [-0.2, -0.15) is 0 Å². The Morgan fingerprint density at radius 1 is 1.31 bits per heavy atom. The standard InChI is InChI=1S/C12H19NO3/c1-6-15-12(14)10-9(7(2)3)13-11(16-10)8(4)5/h7-8H,6H2,1-5H3. The summed E-state index contributed by atoms with van der Waals surface area (Å²) in [6.07, 6.45) is 0. The number of rotatable bonds is 4. The molecule has 0 unspecified atom stereocenters.